The van der Waals surface area contributed by atoms with E-state index in [2.05, 4.69) is 30.1 Å². The van der Waals surface area contributed by atoms with Crippen LogP contribution >= 0.6 is 11.6 Å². The maximum absolute atomic E-state index is 13.9. The Morgan fingerprint density at radius 1 is 1.13 bits per heavy atom. The maximum atomic E-state index is 13.9. The number of benzene rings is 2. The number of hydrogen-bond acceptors (Lipinski definition) is 7. The predicted molar refractivity (Wildman–Crippen MR) is 150 cm³/mol. The Hall–Kier alpha value is -4.22. The first-order valence-corrected chi connectivity index (χ1v) is 13.0. The van der Waals surface area contributed by atoms with Gasteiger partial charge in [-0.1, -0.05) is 43.6 Å². The van der Waals surface area contributed by atoms with Crippen LogP contribution < -0.4 is 20.1 Å². The van der Waals surface area contributed by atoms with Crippen molar-refractivity contribution in [2.45, 2.75) is 39.5 Å². The zero-order valence-corrected chi connectivity index (χ0v) is 23.3. The first-order valence-electron chi connectivity index (χ1n) is 12.6. The monoisotopic (exact) mass is 543 g/mol. The van der Waals surface area contributed by atoms with Crippen LogP contribution in [0.5, 0.6) is 11.5 Å². The molecule has 0 amide bonds. The van der Waals surface area contributed by atoms with E-state index in [4.69, 9.17) is 26.8 Å². The third kappa shape index (κ3) is 4.43. The normalized spacial score (nSPS) is 18.6. The summed E-state index contributed by atoms with van der Waals surface area (Å²) >= 11 is 6.16. The number of nitrogens with one attached hydrogen (secondary N) is 1. The molecule has 2 aliphatic rings. The van der Waals surface area contributed by atoms with Crippen LogP contribution in [-0.4, -0.2) is 30.2 Å². The third-order valence-corrected chi connectivity index (χ3v) is 7.65. The van der Waals surface area contributed by atoms with Gasteiger partial charge in [0.25, 0.3) is 0 Å². The van der Waals surface area contributed by atoms with Crippen LogP contribution in [0.3, 0.4) is 0 Å². The Morgan fingerprint density at radius 3 is 2.46 bits per heavy atom. The number of H-pyrrole nitrogens is 1. The standard InChI is InChI=1S/C30H30ClN5O3/c1-16-25(17-6-9-19(31)10-7-17)29(35-34-16)36-21-13-30(2,3)14-22(37)27(21)26(20(15-32)28(36)33)18-8-11-23(38-4)24(12-18)39-5/h6-12,26H,13-14,33H2,1-5H3,(H,34,35). The lowest BCUT2D eigenvalue weighted by atomic mass is 9.68. The molecule has 8 nitrogen and oxygen atoms in total. The second kappa shape index (κ2) is 9.83. The molecule has 1 aromatic heterocycles. The minimum absolute atomic E-state index is 0.0217. The van der Waals surface area contributed by atoms with Crippen molar-refractivity contribution in [1.82, 2.24) is 10.2 Å². The Bertz CT molecular complexity index is 1580. The SMILES string of the molecule is COc1ccc(C2C(C#N)=C(N)N(c3n[nH]c(C)c3-c3ccc(Cl)cc3)C3=C2C(=O)CC(C)(C)C3)cc1OC. The van der Waals surface area contributed by atoms with Crippen LogP contribution in [0.4, 0.5) is 5.82 Å². The van der Waals surface area contributed by atoms with Crippen molar-refractivity contribution in [3.05, 3.63) is 81.4 Å². The summed E-state index contributed by atoms with van der Waals surface area (Å²) in [5.74, 6) is 1.16. The second-order valence-corrected chi connectivity index (χ2v) is 11.1. The maximum Gasteiger partial charge on any atom is 0.168 e. The number of anilines is 1. The highest BCUT2D eigenvalue weighted by atomic mass is 35.5. The molecule has 39 heavy (non-hydrogen) atoms. The molecule has 5 rings (SSSR count). The van der Waals surface area contributed by atoms with Crippen LogP contribution in [0.1, 0.15) is 43.9 Å². The van der Waals surface area contributed by atoms with Gasteiger partial charge in [-0.05, 0) is 54.2 Å². The molecule has 2 heterocycles. The number of Topliss-reactive ketones (excluding diaryl/α,β-unsaturated/α-hetero) is 1. The number of nitrogens with zero attached hydrogens (tertiary/aromatic N) is 3. The highest BCUT2D eigenvalue weighted by Crippen LogP contribution is 2.52. The molecule has 0 spiro atoms. The van der Waals surface area contributed by atoms with Gasteiger partial charge in [-0.2, -0.15) is 10.4 Å². The molecule has 0 fully saturated rings. The quantitative estimate of drug-likeness (QED) is 0.405. The van der Waals surface area contributed by atoms with Crippen molar-refractivity contribution in [2.24, 2.45) is 11.1 Å². The molecule has 9 heteroatoms. The van der Waals surface area contributed by atoms with Gasteiger partial charge in [0.2, 0.25) is 0 Å². The van der Waals surface area contributed by atoms with Gasteiger partial charge in [0, 0.05) is 34.0 Å². The van der Waals surface area contributed by atoms with Crippen LogP contribution in [0, 0.1) is 23.7 Å². The number of carbonyl (C=O) groups excluding carboxylic acids is 1. The Morgan fingerprint density at radius 2 is 1.82 bits per heavy atom. The summed E-state index contributed by atoms with van der Waals surface area (Å²) in [4.78, 5) is 15.7. The molecular formula is C30H30ClN5O3. The number of ketones is 1. The van der Waals surface area contributed by atoms with Crippen LogP contribution in [0.2, 0.25) is 5.02 Å². The smallest absolute Gasteiger partial charge is 0.168 e. The Kier molecular flexibility index (Phi) is 6.65. The molecule has 1 aliphatic carbocycles. The molecule has 0 bridgehead atoms. The fraction of sp³-hybridized carbons (Fsp3) is 0.300. The number of rotatable bonds is 5. The van der Waals surface area contributed by atoms with E-state index in [0.29, 0.717) is 40.8 Å². The molecule has 0 saturated carbocycles. The van der Waals surface area contributed by atoms with E-state index in [1.54, 1.807) is 31.3 Å². The molecular weight excluding hydrogens is 514 g/mol. The summed E-state index contributed by atoms with van der Waals surface area (Å²) in [6, 6.07) is 15.2. The number of halogens is 1. The van der Waals surface area contributed by atoms with E-state index in [0.717, 1.165) is 28.1 Å². The Labute approximate surface area is 232 Å². The van der Waals surface area contributed by atoms with Gasteiger partial charge in [-0.3, -0.25) is 14.8 Å². The first-order chi connectivity index (χ1) is 18.6. The van der Waals surface area contributed by atoms with Crippen molar-refractivity contribution in [3.63, 3.8) is 0 Å². The summed E-state index contributed by atoms with van der Waals surface area (Å²) in [5.41, 5.74) is 11.4. The van der Waals surface area contributed by atoms with E-state index in [9.17, 15) is 10.1 Å². The molecule has 0 radical (unpaired) electrons. The molecule has 3 N–H and O–H groups in total. The lowest BCUT2D eigenvalue weighted by Crippen LogP contribution is -2.42. The number of nitrogens with two attached hydrogens (primary N) is 1. The van der Waals surface area contributed by atoms with E-state index >= 15 is 0 Å². The number of nitriles is 1. The number of methoxy groups -OCH3 is 2. The summed E-state index contributed by atoms with van der Waals surface area (Å²) in [7, 11) is 3.11. The summed E-state index contributed by atoms with van der Waals surface area (Å²) < 4.78 is 10.9. The van der Waals surface area contributed by atoms with Gasteiger partial charge in [-0.15, -0.1) is 0 Å². The number of aromatic nitrogens is 2. The van der Waals surface area contributed by atoms with Crippen molar-refractivity contribution in [2.75, 3.05) is 19.1 Å². The van der Waals surface area contributed by atoms with Gasteiger partial charge >= 0.3 is 0 Å². The number of hydrogen-bond donors (Lipinski definition) is 2. The lowest BCUT2D eigenvalue weighted by Gasteiger charge is -2.43. The largest absolute Gasteiger partial charge is 0.493 e. The molecule has 1 atom stereocenters. The number of carbonyl (C=O) groups is 1. The van der Waals surface area contributed by atoms with Crippen molar-refractivity contribution >= 4 is 23.2 Å². The average Bonchev–Trinajstić information content (AvgIpc) is 3.27. The first kappa shape index (κ1) is 26.4. The highest BCUT2D eigenvalue weighted by Gasteiger charge is 2.46. The third-order valence-electron chi connectivity index (χ3n) is 7.39. The zero-order chi connectivity index (χ0) is 28.1. The number of ether oxygens (including phenoxy) is 2. The summed E-state index contributed by atoms with van der Waals surface area (Å²) in [6.07, 6.45) is 0.926. The lowest BCUT2D eigenvalue weighted by molar-refractivity contribution is -0.118. The number of allylic oxidation sites excluding steroid dienone is 3. The summed E-state index contributed by atoms with van der Waals surface area (Å²) in [5, 5.41) is 18.8. The van der Waals surface area contributed by atoms with Crippen molar-refractivity contribution in [3.8, 4) is 28.7 Å². The van der Waals surface area contributed by atoms with Crippen LogP contribution in [0.25, 0.3) is 11.1 Å². The molecule has 200 valence electrons. The van der Waals surface area contributed by atoms with Gasteiger partial charge in [0.1, 0.15) is 5.82 Å². The summed E-state index contributed by atoms with van der Waals surface area (Å²) in [6.45, 7) is 6.05. The van der Waals surface area contributed by atoms with E-state index in [1.807, 2.05) is 37.3 Å². The van der Waals surface area contributed by atoms with Crippen molar-refractivity contribution in [1.29, 1.82) is 5.26 Å². The second-order valence-electron chi connectivity index (χ2n) is 10.6. The van der Waals surface area contributed by atoms with E-state index < -0.39 is 5.92 Å². The van der Waals surface area contributed by atoms with Gasteiger partial charge in [-0.25, -0.2) is 0 Å². The van der Waals surface area contributed by atoms with Crippen LogP contribution in [-0.2, 0) is 4.79 Å². The molecule has 1 unspecified atom stereocenters. The molecule has 2 aromatic carbocycles. The number of aromatic amines is 1. The topological polar surface area (TPSA) is 117 Å². The Balaban J connectivity index is 1.78. The van der Waals surface area contributed by atoms with E-state index in [1.165, 1.54) is 0 Å². The fourth-order valence-electron chi connectivity index (χ4n) is 5.66. The minimum atomic E-state index is -0.649. The van der Waals surface area contributed by atoms with Crippen LogP contribution in [0.15, 0.2) is 65.1 Å². The fourth-order valence-corrected chi connectivity index (χ4v) is 5.78. The van der Waals surface area contributed by atoms with Gasteiger partial charge in [0.05, 0.1) is 31.8 Å². The van der Waals surface area contributed by atoms with Gasteiger partial charge in [0.15, 0.2) is 23.1 Å². The van der Waals surface area contributed by atoms with E-state index in [-0.39, 0.29) is 22.6 Å². The highest BCUT2D eigenvalue weighted by molar-refractivity contribution is 6.30. The molecule has 0 saturated heterocycles. The average molecular weight is 544 g/mol. The van der Waals surface area contributed by atoms with Gasteiger partial charge < -0.3 is 15.2 Å². The molecule has 3 aromatic rings. The minimum Gasteiger partial charge on any atom is -0.493 e. The zero-order valence-electron chi connectivity index (χ0n) is 22.6. The van der Waals surface area contributed by atoms with Crippen molar-refractivity contribution < 1.29 is 14.3 Å². The molecule has 1 aliphatic heterocycles. The number of aryl methyl sites for hydroxylation is 1. The predicted octanol–water partition coefficient (Wildman–Crippen LogP) is 6.00.